The third kappa shape index (κ3) is 1.95. The van der Waals surface area contributed by atoms with Crippen LogP contribution in [0.15, 0.2) is 0 Å². The Morgan fingerprint density at radius 2 is 2.29 bits per heavy atom. The predicted octanol–water partition coefficient (Wildman–Crippen LogP) is 0.970. The molecule has 0 saturated heterocycles. The molecule has 0 atom stereocenters. The summed E-state index contributed by atoms with van der Waals surface area (Å²) >= 11 is 0. The lowest BCUT2D eigenvalue weighted by Gasteiger charge is -2.04. The van der Waals surface area contributed by atoms with Gasteiger partial charge in [0.2, 0.25) is 0 Å². The van der Waals surface area contributed by atoms with E-state index in [0.29, 0.717) is 0 Å². The maximum atomic E-state index is 4.21. The van der Waals surface area contributed by atoms with Crippen LogP contribution in [0.5, 0.6) is 0 Å². The van der Waals surface area contributed by atoms with Crippen LogP contribution in [0.3, 0.4) is 0 Å². The molecule has 4 heteroatoms. The Kier molecular flexibility index (Phi) is 2.82. The zero-order valence-corrected chi connectivity index (χ0v) is 8.95. The fourth-order valence-electron chi connectivity index (χ4n) is 1.75. The summed E-state index contributed by atoms with van der Waals surface area (Å²) in [5, 5.41) is 11.5. The first-order valence-corrected chi connectivity index (χ1v) is 5.41. The molecule has 2 rings (SSSR count). The Labute approximate surface area is 84.7 Å². The molecule has 1 heterocycles. The average Bonchev–Trinajstić information content (AvgIpc) is 2.90. The summed E-state index contributed by atoms with van der Waals surface area (Å²) in [7, 11) is 1.94. The van der Waals surface area contributed by atoms with Crippen molar-refractivity contribution in [2.45, 2.75) is 39.3 Å². The molecule has 0 bridgehead atoms. The number of hydrogen-bond donors (Lipinski definition) is 1. The second-order valence-corrected chi connectivity index (χ2v) is 3.99. The zero-order valence-electron chi connectivity index (χ0n) is 8.95. The van der Waals surface area contributed by atoms with Crippen molar-refractivity contribution in [2.24, 2.45) is 5.92 Å². The van der Waals surface area contributed by atoms with Gasteiger partial charge < -0.3 is 5.32 Å². The molecule has 0 spiro atoms. The molecule has 14 heavy (non-hydrogen) atoms. The highest BCUT2D eigenvalue weighted by molar-refractivity contribution is 5.10. The van der Waals surface area contributed by atoms with Crippen molar-refractivity contribution in [2.75, 3.05) is 7.05 Å². The van der Waals surface area contributed by atoms with Crippen LogP contribution in [0.25, 0.3) is 0 Å². The molecule has 1 aliphatic rings. The van der Waals surface area contributed by atoms with E-state index in [9.17, 15) is 0 Å². The molecule has 0 radical (unpaired) electrons. The van der Waals surface area contributed by atoms with Gasteiger partial charge >= 0.3 is 0 Å². The highest BCUT2D eigenvalue weighted by Crippen LogP contribution is 2.30. The van der Waals surface area contributed by atoms with Crippen LogP contribution in [0.4, 0.5) is 0 Å². The second-order valence-electron chi connectivity index (χ2n) is 3.99. The summed E-state index contributed by atoms with van der Waals surface area (Å²) < 4.78 is 2.09. The van der Waals surface area contributed by atoms with Crippen LogP contribution in [0.1, 0.15) is 31.2 Å². The fraction of sp³-hybridized carbons (Fsp3) is 0.800. The number of hydrogen-bond acceptors (Lipinski definition) is 3. The Morgan fingerprint density at radius 3 is 2.86 bits per heavy atom. The molecule has 1 fully saturated rings. The summed E-state index contributed by atoms with van der Waals surface area (Å²) in [6.07, 6.45) is 3.76. The molecule has 0 aromatic carbocycles. The molecular weight excluding hydrogens is 176 g/mol. The van der Waals surface area contributed by atoms with Gasteiger partial charge in [-0.3, -0.25) is 0 Å². The predicted molar refractivity (Wildman–Crippen MR) is 54.9 cm³/mol. The molecule has 0 unspecified atom stereocenters. The number of nitrogens with one attached hydrogen (secondary N) is 1. The summed E-state index contributed by atoms with van der Waals surface area (Å²) in [5.41, 5.74) is 2.40. The lowest BCUT2D eigenvalue weighted by molar-refractivity contribution is 0.525. The lowest BCUT2D eigenvalue weighted by Crippen LogP contribution is -2.10. The normalized spacial score (nSPS) is 16.1. The van der Waals surface area contributed by atoms with E-state index in [1.165, 1.54) is 18.5 Å². The molecule has 0 amide bonds. The van der Waals surface area contributed by atoms with Gasteiger partial charge in [-0.2, -0.15) is 0 Å². The zero-order chi connectivity index (χ0) is 9.97. The summed E-state index contributed by atoms with van der Waals surface area (Å²) in [4.78, 5) is 0. The molecular formula is C10H18N4. The Hall–Kier alpha value is -0.900. The topological polar surface area (TPSA) is 42.7 Å². The van der Waals surface area contributed by atoms with Gasteiger partial charge in [-0.1, -0.05) is 12.1 Å². The molecule has 1 aromatic heterocycles. The standard InChI is InChI=1S/C10H18N4/c1-3-10-9(6-11-2)12-13-14(10)7-8-4-5-8/h8,11H,3-7H2,1-2H3. The van der Waals surface area contributed by atoms with Crippen molar-refractivity contribution in [1.29, 1.82) is 0 Å². The first-order valence-electron chi connectivity index (χ1n) is 5.41. The average molecular weight is 194 g/mol. The van der Waals surface area contributed by atoms with Crippen molar-refractivity contribution in [1.82, 2.24) is 20.3 Å². The van der Waals surface area contributed by atoms with E-state index in [0.717, 1.165) is 31.1 Å². The van der Waals surface area contributed by atoms with E-state index in [1.807, 2.05) is 7.05 Å². The molecule has 78 valence electrons. The third-order valence-electron chi connectivity index (χ3n) is 2.73. The van der Waals surface area contributed by atoms with E-state index in [2.05, 4.69) is 27.2 Å². The van der Waals surface area contributed by atoms with Crippen LogP contribution in [0.2, 0.25) is 0 Å². The van der Waals surface area contributed by atoms with Crippen molar-refractivity contribution in [3.05, 3.63) is 11.4 Å². The first-order chi connectivity index (χ1) is 6.85. The molecule has 1 aliphatic carbocycles. The maximum absolute atomic E-state index is 4.21. The van der Waals surface area contributed by atoms with Crippen LogP contribution < -0.4 is 5.32 Å². The van der Waals surface area contributed by atoms with E-state index in [-0.39, 0.29) is 0 Å². The fourth-order valence-corrected chi connectivity index (χ4v) is 1.75. The minimum atomic E-state index is 0.827. The Morgan fingerprint density at radius 1 is 1.50 bits per heavy atom. The first kappa shape index (κ1) is 9.65. The SMILES string of the molecule is CCc1c(CNC)nnn1CC1CC1. The van der Waals surface area contributed by atoms with Crippen LogP contribution in [-0.4, -0.2) is 22.0 Å². The maximum Gasteiger partial charge on any atom is 0.0996 e. The quantitative estimate of drug-likeness (QED) is 0.759. The number of rotatable bonds is 5. The largest absolute Gasteiger partial charge is 0.314 e. The number of aromatic nitrogens is 3. The second kappa shape index (κ2) is 4.09. The van der Waals surface area contributed by atoms with Gasteiger partial charge in [-0.25, -0.2) is 4.68 Å². The van der Waals surface area contributed by atoms with Crippen LogP contribution in [0, 0.1) is 5.92 Å². The van der Waals surface area contributed by atoms with E-state index >= 15 is 0 Å². The Bertz CT molecular complexity index is 301. The van der Waals surface area contributed by atoms with Crippen molar-refractivity contribution in [3.63, 3.8) is 0 Å². The summed E-state index contributed by atoms with van der Waals surface area (Å²) in [6, 6.07) is 0. The van der Waals surface area contributed by atoms with Gasteiger partial charge in [-0.15, -0.1) is 5.10 Å². The highest BCUT2D eigenvalue weighted by Gasteiger charge is 2.23. The third-order valence-corrected chi connectivity index (χ3v) is 2.73. The smallest absolute Gasteiger partial charge is 0.0996 e. The molecule has 1 aromatic rings. The molecule has 1 N–H and O–H groups in total. The minimum absolute atomic E-state index is 0.827. The summed E-state index contributed by atoms with van der Waals surface area (Å²) in [5.74, 6) is 0.865. The number of nitrogens with zero attached hydrogens (tertiary/aromatic N) is 3. The molecule has 1 saturated carbocycles. The van der Waals surface area contributed by atoms with Crippen LogP contribution in [-0.2, 0) is 19.5 Å². The van der Waals surface area contributed by atoms with Gasteiger partial charge in [0.05, 0.1) is 11.4 Å². The van der Waals surface area contributed by atoms with Gasteiger partial charge in [0.15, 0.2) is 0 Å². The summed E-state index contributed by atoms with van der Waals surface area (Å²) in [6.45, 7) is 4.06. The van der Waals surface area contributed by atoms with Crippen molar-refractivity contribution < 1.29 is 0 Å². The van der Waals surface area contributed by atoms with E-state index < -0.39 is 0 Å². The molecule has 0 aliphatic heterocycles. The van der Waals surface area contributed by atoms with Gasteiger partial charge in [-0.05, 0) is 32.2 Å². The van der Waals surface area contributed by atoms with Crippen molar-refractivity contribution in [3.8, 4) is 0 Å². The highest BCUT2D eigenvalue weighted by atomic mass is 15.4. The molecule has 4 nitrogen and oxygen atoms in total. The van der Waals surface area contributed by atoms with Gasteiger partial charge in [0.1, 0.15) is 0 Å². The minimum Gasteiger partial charge on any atom is -0.314 e. The Balaban J connectivity index is 2.12. The monoisotopic (exact) mass is 194 g/mol. The van der Waals surface area contributed by atoms with Gasteiger partial charge in [0, 0.05) is 13.1 Å². The van der Waals surface area contributed by atoms with Gasteiger partial charge in [0.25, 0.3) is 0 Å². The van der Waals surface area contributed by atoms with Crippen molar-refractivity contribution >= 4 is 0 Å². The van der Waals surface area contributed by atoms with E-state index in [1.54, 1.807) is 0 Å². The van der Waals surface area contributed by atoms with E-state index in [4.69, 9.17) is 0 Å². The lowest BCUT2D eigenvalue weighted by atomic mass is 10.2. The van der Waals surface area contributed by atoms with Crippen LogP contribution >= 0.6 is 0 Å².